The van der Waals surface area contributed by atoms with Crippen molar-refractivity contribution in [2.45, 2.75) is 25.1 Å². The molecule has 0 aliphatic heterocycles. The summed E-state index contributed by atoms with van der Waals surface area (Å²) in [5, 5.41) is 2.74. The summed E-state index contributed by atoms with van der Waals surface area (Å²) in [4.78, 5) is 11.6. The SMILES string of the molecule is CCCC(Cl)CNC(=O)c1ccoc1Br. The lowest BCUT2D eigenvalue weighted by Gasteiger charge is -2.08. The Balaban J connectivity index is 2.40. The Labute approximate surface area is 102 Å². The molecule has 0 spiro atoms. The van der Waals surface area contributed by atoms with E-state index in [4.69, 9.17) is 16.0 Å². The second-order valence-corrected chi connectivity index (χ2v) is 4.54. The number of carbonyl (C=O) groups is 1. The molecule has 0 saturated heterocycles. The van der Waals surface area contributed by atoms with Gasteiger partial charge in [0.15, 0.2) is 4.67 Å². The van der Waals surface area contributed by atoms with Crippen molar-refractivity contribution in [3.63, 3.8) is 0 Å². The summed E-state index contributed by atoms with van der Waals surface area (Å²) < 4.78 is 5.41. The van der Waals surface area contributed by atoms with E-state index < -0.39 is 0 Å². The first-order valence-corrected chi connectivity index (χ1v) is 6.03. The number of hydrogen-bond donors (Lipinski definition) is 1. The minimum absolute atomic E-state index is 0.00961. The van der Waals surface area contributed by atoms with E-state index in [1.165, 1.54) is 6.26 Å². The minimum Gasteiger partial charge on any atom is -0.457 e. The van der Waals surface area contributed by atoms with Crippen LogP contribution in [0.3, 0.4) is 0 Å². The molecular weight excluding hydrogens is 281 g/mol. The van der Waals surface area contributed by atoms with Gasteiger partial charge in [-0.25, -0.2) is 0 Å². The van der Waals surface area contributed by atoms with Crippen LogP contribution in [0, 0.1) is 0 Å². The summed E-state index contributed by atoms with van der Waals surface area (Å²) >= 11 is 9.12. The van der Waals surface area contributed by atoms with Crippen molar-refractivity contribution in [2.24, 2.45) is 0 Å². The smallest absolute Gasteiger partial charge is 0.255 e. The van der Waals surface area contributed by atoms with Crippen LogP contribution in [-0.2, 0) is 0 Å². The maximum absolute atomic E-state index is 11.6. The lowest BCUT2D eigenvalue weighted by atomic mass is 10.2. The van der Waals surface area contributed by atoms with Gasteiger partial charge in [-0.2, -0.15) is 0 Å². The molecule has 0 fully saturated rings. The normalized spacial score (nSPS) is 12.5. The van der Waals surface area contributed by atoms with Crippen LogP contribution in [-0.4, -0.2) is 17.8 Å². The second kappa shape index (κ2) is 6.18. The number of carbonyl (C=O) groups excluding carboxylic acids is 1. The Bertz CT molecular complexity index is 327. The summed E-state index contributed by atoms with van der Waals surface area (Å²) in [5.41, 5.74) is 0.496. The molecule has 3 nitrogen and oxygen atoms in total. The zero-order valence-corrected chi connectivity index (χ0v) is 10.8. The fraction of sp³-hybridized carbons (Fsp3) is 0.500. The van der Waals surface area contributed by atoms with Crippen LogP contribution in [0.25, 0.3) is 0 Å². The highest BCUT2D eigenvalue weighted by atomic mass is 79.9. The first-order valence-electron chi connectivity index (χ1n) is 4.80. The molecule has 1 atom stereocenters. The van der Waals surface area contributed by atoms with Gasteiger partial charge in [0.25, 0.3) is 5.91 Å². The van der Waals surface area contributed by atoms with Gasteiger partial charge in [0.1, 0.15) is 0 Å². The number of hydrogen-bond acceptors (Lipinski definition) is 2. The molecule has 5 heteroatoms. The number of nitrogens with one attached hydrogen (secondary N) is 1. The molecule has 1 heterocycles. The zero-order valence-electron chi connectivity index (χ0n) is 8.43. The Kier molecular flexibility index (Phi) is 5.19. The second-order valence-electron chi connectivity index (χ2n) is 3.20. The van der Waals surface area contributed by atoms with Crippen LogP contribution in [0.15, 0.2) is 21.4 Å². The molecule has 84 valence electrons. The monoisotopic (exact) mass is 293 g/mol. The molecule has 0 aliphatic carbocycles. The number of amides is 1. The van der Waals surface area contributed by atoms with Crippen LogP contribution in [0.4, 0.5) is 0 Å². The zero-order chi connectivity index (χ0) is 11.3. The first kappa shape index (κ1) is 12.6. The molecule has 0 saturated carbocycles. The fourth-order valence-electron chi connectivity index (χ4n) is 1.17. The first-order chi connectivity index (χ1) is 7.15. The number of halogens is 2. The lowest BCUT2D eigenvalue weighted by Crippen LogP contribution is -2.29. The summed E-state index contributed by atoms with van der Waals surface area (Å²) in [5.74, 6) is -0.169. The van der Waals surface area contributed by atoms with Crippen LogP contribution < -0.4 is 5.32 Å². The van der Waals surface area contributed by atoms with Crippen molar-refractivity contribution < 1.29 is 9.21 Å². The van der Waals surface area contributed by atoms with Gasteiger partial charge < -0.3 is 9.73 Å². The number of alkyl halides is 1. The van der Waals surface area contributed by atoms with Crippen molar-refractivity contribution in [2.75, 3.05) is 6.54 Å². The van der Waals surface area contributed by atoms with Crippen molar-refractivity contribution in [3.05, 3.63) is 22.6 Å². The van der Waals surface area contributed by atoms with Crippen molar-refractivity contribution in [1.29, 1.82) is 0 Å². The average Bonchev–Trinajstić information content (AvgIpc) is 2.61. The van der Waals surface area contributed by atoms with E-state index in [1.54, 1.807) is 6.07 Å². The quantitative estimate of drug-likeness (QED) is 0.848. The lowest BCUT2D eigenvalue weighted by molar-refractivity contribution is 0.0951. The highest BCUT2D eigenvalue weighted by Gasteiger charge is 2.13. The predicted octanol–water partition coefficient (Wildman–Crippen LogP) is 3.18. The third kappa shape index (κ3) is 3.87. The molecule has 0 bridgehead atoms. The van der Waals surface area contributed by atoms with Crippen LogP contribution >= 0.6 is 27.5 Å². The summed E-state index contributed by atoms with van der Waals surface area (Å²) in [7, 11) is 0. The van der Waals surface area contributed by atoms with Crippen LogP contribution in [0.2, 0.25) is 0 Å². The standard InChI is InChI=1S/C10H13BrClNO2/c1-2-3-7(12)6-13-10(14)8-4-5-15-9(8)11/h4-5,7H,2-3,6H2,1H3,(H,13,14). The topological polar surface area (TPSA) is 42.2 Å². The minimum atomic E-state index is -0.169. The molecule has 0 radical (unpaired) electrons. The molecule has 1 aromatic rings. The van der Waals surface area contributed by atoms with E-state index in [9.17, 15) is 4.79 Å². The maximum atomic E-state index is 11.6. The summed E-state index contributed by atoms with van der Waals surface area (Å²) in [6.07, 6.45) is 3.37. The Morgan fingerprint density at radius 1 is 1.73 bits per heavy atom. The van der Waals surface area contributed by atoms with E-state index in [2.05, 4.69) is 28.2 Å². The molecule has 1 rings (SSSR count). The van der Waals surface area contributed by atoms with Crippen molar-refractivity contribution >= 4 is 33.4 Å². The van der Waals surface area contributed by atoms with E-state index in [1.807, 2.05) is 0 Å². The van der Waals surface area contributed by atoms with Gasteiger partial charge in [-0.1, -0.05) is 13.3 Å². The Morgan fingerprint density at radius 3 is 3.00 bits per heavy atom. The number of rotatable bonds is 5. The van der Waals surface area contributed by atoms with Gasteiger partial charge in [-0.05, 0) is 28.4 Å². The molecule has 1 aromatic heterocycles. The highest BCUT2D eigenvalue weighted by Crippen LogP contribution is 2.17. The molecule has 0 aromatic carbocycles. The van der Waals surface area contributed by atoms with Gasteiger partial charge >= 0.3 is 0 Å². The van der Waals surface area contributed by atoms with Crippen molar-refractivity contribution in [3.8, 4) is 0 Å². The fourth-order valence-corrected chi connectivity index (χ4v) is 1.89. The molecule has 1 N–H and O–H groups in total. The summed E-state index contributed by atoms with van der Waals surface area (Å²) in [6.45, 7) is 2.54. The van der Waals surface area contributed by atoms with Crippen LogP contribution in [0.5, 0.6) is 0 Å². The predicted molar refractivity (Wildman–Crippen MR) is 63.3 cm³/mol. The van der Waals surface area contributed by atoms with E-state index in [0.717, 1.165) is 12.8 Å². The van der Waals surface area contributed by atoms with Crippen molar-refractivity contribution in [1.82, 2.24) is 5.32 Å². The number of furan rings is 1. The van der Waals surface area contributed by atoms with Crippen LogP contribution in [0.1, 0.15) is 30.1 Å². The maximum Gasteiger partial charge on any atom is 0.255 e. The molecule has 1 amide bonds. The Hall–Kier alpha value is -0.480. The van der Waals surface area contributed by atoms with Gasteiger partial charge in [0.05, 0.1) is 17.2 Å². The van der Waals surface area contributed by atoms with Gasteiger partial charge in [0, 0.05) is 6.54 Å². The summed E-state index contributed by atoms with van der Waals surface area (Å²) in [6, 6.07) is 1.61. The van der Waals surface area contributed by atoms with Gasteiger partial charge in [0.2, 0.25) is 0 Å². The molecule has 15 heavy (non-hydrogen) atoms. The average molecular weight is 295 g/mol. The molecule has 1 unspecified atom stereocenters. The molecule has 0 aliphatic rings. The highest BCUT2D eigenvalue weighted by molar-refractivity contribution is 9.10. The third-order valence-electron chi connectivity index (χ3n) is 1.95. The van der Waals surface area contributed by atoms with Gasteiger partial charge in [-0.3, -0.25) is 4.79 Å². The van der Waals surface area contributed by atoms with E-state index in [-0.39, 0.29) is 11.3 Å². The molecular formula is C10H13BrClNO2. The van der Waals surface area contributed by atoms with E-state index in [0.29, 0.717) is 16.8 Å². The van der Waals surface area contributed by atoms with E-state index >= 15 is 0 Å². The largest absolute Gasteiger partial charge is 0.457 e. The third-order valence-corrected chi connectivity index (χ3v) is 2.94. The van der Waals surface area contributed by atoms with Gasteiger partial charge in [-0.15, -0.1) is 11.6 Å². The Morgan fingerprint density at radius 2 is 2.47 bits per heavy atom.